The predicted molar refractivity (Wildman–Crippen MR) is 54.3 cm³/mol. The zero-order chi connectivity index (χ0) is 9.26. The van der Waals surface area contributed by atoms with Crippen molar-refractivity contribution in [1.29, 1.82) is 0 Å². The summed E-state index contributed by atoms with van der Waals surface area (Å²) in [5.74, 6) is 0.890. The predicted octanol–water partition coefficient (Wildman–Crippen LogP) is 1.68. The molecule has 0 spiro atoms. The Bertz CT molecular complexity index is 358. The highest BCUT2D eigenvalue weighted by molar-refractivity contribution is 5.83. The molecule has 2 rings (SSSR count). The molecule has 0 aromatic heterocycles. The lowest BCUT2D eigenvalue weighted by atomic mass is 10.1. The van der Waals surface area contributed by atoms with Crippen LogP contribution in [0.5, 0.6) is 0 Å². The number of anilines is 2. The minimum atomic E-state index is 0.764. The van der Waals surface area contributed by atoms with E-state index >= 15 is 0 Å². The van der Waals surface area contributed by atoms with Gasteiger partial charge in [0.2, 0.25) is 0 Å². The molecule has 0 amide bonds. The third kappa shape index (κ3) is 1.22. The van der Waals surface area contributed by atoms with Gasteiger partial charge in [0.05, 0.1) is 18.5 Å². The van der Waals surface area contributed by atoms with Crippen LogP contribution in [0.4, 0.5) is 11.4 Å². The molecule has 13 heavy (non-hydrogen) atoms. The van der Waals surface area contributed by atoms with Crippen LogP contribution in [0.2, 0.25) is 0 Å². The highest BCUT2D eigenvalue weighted by Crippen LogP contribution is 2.31. The average Bonchev–Trinajstić information content (AvgIpc) is 2.18. The highest BCUT2D eigenvalue weighted by atomic mass is 16.5. The van der Waals surface area contributed by atoms with Gasteiger partial charge in [0.1, 0.15) is 5.76 Å². The lowest BCUT2D eigenvalue weighted by molar-refractivity contribution is 0.369. The first-order chi connectivity index (χ1) is 6.33. The van der Waals surface area contributed by atoms with Crippen LogP contribution < -0.4 is 11.1 Å². The van der Waals surface area contributed by atoms with Gasteiger partial charge >= 0.3 is 0 Å². The number of nitrogens with one attached hydrogen (secondary N) is 1. The molecule has 0 saturated heterocycles. The van der Waals surface area contributed by atoms with Gasteiger partial charge < -0.3 is 15.8 Å². The summed E-state index contributed by atoms with van der Waals surface area (Å²) in [6.07, 6.45) is 2.00. The Morgan fingerprint density at radius 2 is 2.31 bits per heavy atom. The van der Waals surface area contributed by atoms with Crippen molar-refractivity contribution >= 4 is 17.1 Å². The monoisotopic (exact) mass is 176 g/mol. The van der Waals surface area contributed by atoms with E-state index < -0.39 is 0 Å². The molecular weight excluding hydrogens is 164 g/mol. The van der Waals surface area contributed by atoms with Crippen molar-refractivity contribution in [3.63, 3.8) is 0 Å². The first-order valence-electron chi connectivity index (χ1n) is 4.20. The van der Waals surface area contributed by atoms with Crippen molar-refractivity contribution in [2.45, 2.75) is 0 Å². The lowest BCUT2D eigenvalue weighted by Crippen LogP contribution is -2.10. The lowest BCUT2D eigenvalue weighted by Gasteiger charge is -2.19. The van der Waals surface area contributed by atoms with E-state index in [0.717, 1.165) is 29.2 Å². The molecule has 0 saturated carbocycles. The Morgan fingerprint density at radius 1 is 1.46 bits per heavy atom. The third-order valence-corrected chi connectivity index (χ3v) is 2.15. The van der Waals surface area contributed by atoms with Crippen LogP contribution in [-0.4, -0.2) is 13.7 Å². The molecule has 0 atom stereocenters. The standard InChI is InChI=1S/C10H12N2O/c1-13-9-5-6-12-10-7(9)3-2-4-8(10)11/h2-5,12H,6,11H2,1H3. The second-order valence-electron chi connectivity index (χ2n) is 2.92. The van der Waals surface area contributed by atoms with E-state index in [2.05, 4.69) is 5.32 Å². The number of hydrogen-bond acceptors (Lipinski definition) is 3. The summed E-state index contributed by atoms with van der Waals surface area (Å²) in [6.45, 7) is 0.768. The summed E-state index contributed by atoms with van der Waals surface area (Å²) in [4.78, 5) is 0. The van der Waals surface area contributed by atoms with E-state index in [4.69, 9.17) is 10.5 Å². The van der Waals surface area contributed by atoms with Crippen LogP contribution in [0.25, 0.3) is 5.76 Å². The van der Waals surface area contributed by atoms with Gasteiger partial charge in [-0.3, -0.25) is 0 Å². The molecule has 0 fully saturated rings. The van der Waals surface area contributed by atoms with E-state index in [1.807, 2.05) is 24.3 Å². The number of nitrogens with two attached hydrogens (primary N) is 1. The molecule has 1 aromatic rings. The summed E-state index contributed by atoms with van der Waals surface area (Å²) in [5.41, 5.74) is 8.59. The number of nitrogen functional groups attached to an aromatic ring is 1. The molecule has 1 heterocycles. The first-order valence-corrected chi connectivity index (χ1v) is 4.20. The summed E-state index contributed by atoms with van der Waals surface area (Å²) in [6, 6.07) is 5.80. The highest BCUT2D eigenvalue weighted by Gasteiger charge is 2.13. The Balaban J connectivity index is 2.55. The fourth-order valence-corrected chi connectivity index (χ4v) is 1.52. The van der Waals surface area contributed by atoms with Crippen molar-refractivity contribution in [3.8, 4) is 0 Å². The number of ether oxygens (including phenoxy) is 1. The Hall–Kier alpha value is -1.64. The average molecular weight is 176 g/mol. The number of methoxy groups -OCH3 is 1. The second kappa shape index (κ2) is 3.01. The smallest absolute Gasteiger partial charge is 0.126 e. The molecular formula is C10H12N2O. The van der Waals surface area contributed by atoms with Crippen LogP contribution in [0, 0.1) is 0 Å². The maximum absolute atomic E-state index is 5.81. The van der Waals surface area contributed by atoms with Crippen molar-refractivity contribution in [2.75, 3.05) is 24.7 Å². The Morgan fingerprint density at radius 3 is 3.08 bits per heavy atom. The first kappa shape index (κ1) is 7.98. The molecule has 1 aliphatic heterocycles. The van der Waals surface area contributed by atoms with Gasteiger partial charge in [0.15, 0.2) is 0 Å². The fourth-order valence-electron chi connectivity index (χ4n) is 1.52. The molecule has 1 aliphatic rings. The molecule has 3 N–H and O–H groups in total. The SMILES string of the molecule is COC1=CCNc2c(N)cccc21. The zero-order valence-electron chi connectivity index (χ0n) is 7.50. The molecule has 0 radical (unpaired) electrons. The van der Waals surface area contributed by atoms with Gasteiger partial charge in [-0.2, -0.15) is 0 Å². The molecule has 0 bridgehead atoms. The summed E-state index contributed by atoms with van der Waals surface area (Å²) >= 11 is 0. The number of fused-ring (bicyclic) bond motifs is 1. The van der Waals surface area contributed by atoms with Gasteiger partial charge in [0, 0.05) is 12.1 Å². The van der Waals surface area contributed by atoms with Crippen molar-refractivity contribution in [2.24, 2.45) is 0 Å². The molecule has 0 unspecified atom stereocenters. The zero-order valence-corrected chi connectivity index (χ0v) is 7.50. The Kier molecular flexibility index (Phi) is 1.85. The van der Waals surface area contributed by atoms with Crippen LogP contribution >= 0.6 is 0 Å². The summed E-state index contributed by atoms with van der Waals surface area (Å²) < 4.78 is 5.24. The summed E-state index contributed by atoms with van der Waals surface area (Å²) in [7, 11) is 1.67. The van der Waals surface area contributed by atoms with Crippen molar-refractivity contribution in [3.05, 3.63) is 29.8 Å². The number of hydrogen-bond donors (Lipinski definition) is 2. The van der Waals surface area contributed by atoms with Gasteiger partial charge in [0.25, 0.3) is 0 Å². The number of para-hydroxylation sites is 1. The van der Waals surface area contributed by atoms with Crippen LogP contribution in [0.15, 0.2) is 24.3 Å². The van der Waals surface area contributed by atoms with Crippen molar-refractivity contribution < 1.29 is 4.74 Å². The van der Waals surface area contributed by atoms with Crippen LogP contribution in [-0.2, 0) is 4.74 Å². The van der Waals surface area contributed by atoms with E-state index in [9.17, 15) is 0 Å². The molecule has 3 nitrogen and oxygen atoms in total. The minimum Gasteiger partial charge on any atom is -0.496 e. The van der Waals surface area contributed by atoms with Gasteiger partial charge in [-0.25, -0.2) is 0 Å². The minimum absolute atomic E-state index is 0.764. The maximum Gasteiger partial charge on any atom is 0.126 e. The maximum atomic E-state index is 5.81. The van der Waals surface area contributed by atoms with Crippen molar-refractivity contribution in [1.82, 2.24) is 0 Å². The normalized spacial score (nSPS) is 14.1. The molecule has 1 aromatic carbocycles. The quantitative estimate of drug-likeness (QED) is 0.640. The number of benzene rings is 1. The van der Waals surface area contributed by atoms with Gasteiger partial charge in [-0.05, 0) is 18.2 Å². The Labute approximate surface area is 77.2 Å². The second-order valence-corrected chi connectivity index (χ2v) is 2.92. The fraction of sp³-hybridized carbons (Fsp3) is 0.200. The van der Waals surface area contributed by atoms with E-state index in [1.165, 1.54) is 0 Å². The van der Waals surface area contributed by atoms with Gasteiger partial charge in [-0.15, -0.1) is 0 Å². The summed E-state index contributed by atoms with van der Waals surface area (Å²) in [5, 5.41) is 3.21. The third-order valence-electron chi connectivity index (χ3n) is 2.15. The van der Waals surface area contributed by atoms with E-state index in [-0.39, 0.29) is 0 Å². The van der Waals surface area contributed by atoms with Crippen LogP contribution in [0.1, 0.15) is 5.56 Å². The number of rotatable bonds is 1. The molecule has 0 aliphatic carbocycles. The largest absolute Gasteiger partial charge is 0.496 e. The van der Waals surface area contributed by atoms with E-state index in [0.29, 0.717) is 0 Å². The topological polar surface area (TPSA) is 47.3 Å². The molecule has 3 heteroatoms. The van der Waals surface area contributed by atoms with E-state index in [1.54, 1.807) is 7.11 Å². The van der Waals surface area contributed by atoms with Gasteiger partial charge in [-0.1, -0.05) is 6.07 Å². The van der Waals surface area contributed by atoms with Crippen LogP contribution in [0.3, 0.4) is 0 Å². The molecule has 68 valence electrons.